The van der Waals surface area contributed by atoms with Crippen LogP contribution in [0.1, 0.15) is 40.0 Å². The van der Waals surface area contributed by atoms with E-state index in [0.717, 1.165) is 19.3 Å². The maximum atomic E-state index is 6.55. The van der Waals surface area contributed by atoms with Crippen LogP contribution >= 0.6 is 0 Å². The van der Waals surface area contributed by atoms with Crippen LogP contribution in [0.4, 0.5) is 0 Å². The zero-order valence-electron chi connectivity index (χ0n) is 12.1. The van der Waals surface area contributed by atoms with Gasteiger partial charge in [-0.25, -0.2) is 0 Å². The first kappa shape index (κ1) is 14.7. The summed E-state index contributed by atoms with van der Waals surface area (Å²) < 4.78 is 6.55. The minimum atomic E-state index is -1.63. The second kappa shape index (κ2) is 5.53. The van der Waals surface area contributed by atoms with Gasteiger partial charge in [0.2, 0.25) is 0 Å². The molecule has 0 fully saturated rings. The van der Waals surface area contributed by atoms with E-state index >= 15 is 0 Å². The molecule has 17 heavy (non-hydrogen) atoms. The van der Waals surface area contributed by atoms with Gasteiger partial charge in [0.15, 0.2) is 8.32 Å². The molecule has 0 aliphatic heterocycles. The molecule has 0 amide bonds. The molecule has 0 aromatic carbocycles. The highest BCUT2D eigenvalue weighted by Crippen LogP contribution is 2.39. The summed E-state index contributed by atoms with van der Waals surface area (Å²) in [7, 11) is -1.63. The molecule has 0 aromatic rings. The van der Waals surface area contributed by atoms with Gasteiger partial charge in [-0.2, -0.15) is 0 Å². The summed E-state index contributed by atoms with van der Waals surface area (Å²) >= 11 is 0. The van der Waals surface area contributed by atoms with Gasteiger partial charge in [0, 0.05) is 0 Å². The summed E-state index contributed by atoms with van der Waals surface area (Å²) in [5.41, 5.74) is 0. The second-order valence-corrected chi connectivity index (χ2v) is 11.4. The maximum Gasteiger partial charge on any atom is 0.192 e. The van der Waals surface area contributed by atoms with E-state index in [0.29, 0.717) is 17.1 Å². The Balaban J connectivity index is 2.71. The maximum absolute atomic E-state index is 6.55. The van der Waals surface area contributed by atoms with Gasteiger partial charge in [-0.3, -0.25) is 0 Å². The lowest BCUT2D eigenvalue weighted by Gasteiger charge is -2.42. The fourth-order valence-corrected chi connectivity index (χ4v) is 3.41. The Morgan fingerprint density at radius 2 is 1.88 bits per heavy atom. The molecule has 0 N–H and O–H groups in total. The van der Waals surface area contributed by atoms with Crippen molar-refractivity contribution >= 4 is 8.32 Å². The van der Waals surface area contributed by atoms with Gasteiger partial charge < -0.3 is 4.43 Å². The average Bonchev–Trinajstić information content (AvgIpc) is 2.19. The molecular formula is C15H28OSi. The minimum absolute atomic E-state index is 0.299. The van der Waals surface area contributed by atoms with Crippen molar-refractivity contribution in [2.24, 2.45) is 5.92 Å². The van der Waals surface area contributed by atoms with E-state index in [4.69, 9.17) is 4.43 Å². The quantitative estimate of drug-likeness (QED) is 0.510. The third-order valence-electron chi connectivity index (χ3n) is 4.22. The van der Waals surface area contributed by atoms with Crippen molar-refractivity contribution in [1.82, 2.24) is 0 Å². The van der Waals surface area contributed by atoms with Crippen LogP contribution < -0.4 is 0 Å². The number of rotatable bonds is 4. The van der Waals surface area contributed by atoms with E-state index in [9.17, 15) is 0 Å². The first-order chi connectivity index (χ1) is 7.78. The Morgan fingerprint density at radius 1 is 1.29 bits per heavy atom. The van der Waals surface area contributed by atoms with Crippen molar-refractivity contribution in [3.63, 3.8) is 0 Å². The zero-order valence-corrected chi connectivity index (χ0v) is 13.1. The summed E-state index contributed by atoms with van der Waals surface area (Å²) in [6.07, 6.45) is 10.3. The van der Waals surface area contributed by atoms with Crippen LogP contribution in [0.15, 0.2) is 24.8 Å². The molecule has 2 atom stereocenters. The fraction of sp³-hybridized carbons (Fsp3) is 0.733. The largest absolute Gasteiger partial charge is 0.413 e. The Kier molecular flexibility index (Phi) is 4.79. The van der Waals surface area contributed by atoms with Crippen LogP contribution in [-0.2, 0) is 4.43 Å². The summed E-state index contributed by atoms with van der Waals surface area (Å²) in [6, 6.07) is 0. The Bertz CT molecular complexity index is 286. The molecule has 0 spiro atoms. The molecule has 0 unspecified atom stereocenters. The van der Waals surface area contributed by atoms with Gasteiger partial charge in [-0.1, -0.05) is 39.0 Å². The smallest absolute Gasteiger partial charge is 0.192 e. The predicted octanol–water partition coefficient (Wildman–Crippen LogP) is 4.92. The summed E-state index contributed by atoms with van der Waals surface area (Å²) in [4.78, 5) is 0. The number of hydrogen-bond donors (Lipinski definition) is 0. The molecular weight excluding hydrogens is 224 g/mol. The molecule has 1 aliphatic rings. The topological polar surface area (TPSA) is 9.23 Å². The predicted molar refractivity (Wildman–Crippen MR) is 78.7 cm³/mol. The van der Waals surface area contributed by atoms with Gasteiger partial charge in [-0.05, 0) is 43.3 Å². The lowest BCUT2D eigenvalue weighted by atomic mass is 9.89. The summed E-state index contributed by atoms with van der Waals surface area (Å²) in [6.45, 7) is 15.5. The molecule has 0 aromatic heterocycles. The summed E-state index contributed by atoms with van der Waals surface area (Å²) in [5.74, 6) is 0.631. The highest BCUT2D eigenvalue weighted by Gasteiger charge is 2.40. The van der Waals surface area contributed by atoms with E-state index in [-0.39, 0.29) is 0 Å². The SMILES string of the molecule is C=CC[C@@H]1CC=CC[C@H]1O[Si](C)(C)C(C)(C)C. The summed E-state index contributed by atoms with van der Waals surface area (Å²) in [5, 5.41) is 0.299. The zero-order chi connectivity index (χ0) is 13.1. The van der Waals surface area contributed by atoms with Crippen LogP contribution in [0.2, 0.25) is 18.1 Å². The molecule has 0 bridgehead atoms. The molecule has 98 valence electrons. The van der Waals surface area contributed by atoms with Gasteiger partial charge in [0.25, 0.3) is 0 Å². The first-order valence-corrected chi connectivity index (χ1v) is 9.62. The molecule has 1 rings (SSSR count). The third-order valence-corrected chi connectivity index (χ3v) is 8.73. The molecule has 0 radical (unpaired) electrons. The average molecular weight is 252 g/mol. The lowest BCUT2D eigenvalue weighted by molar-refractivity contribution is 0.116. The van der Waals surface area contributed by atoms with Crippen molar-refractivity contribution in [1.29, 1.82) is 0 Å². The van der Waals surface area contributed by atoms with Crippen molar-refractivity contribution in [2.75, 3.05) is 0 Å². The van der Waals surface area contributed by atoms with Crippen LogP contribution in [0, 0.1) is 5.92 Å². The Labute approximate surface area is 108 Å². The molecule has 1 nitrogen and oxygen atoms in total. The first-order valence-electron chi connectivity index (χ1n) is 6.71. The second-order valence-electron chi connectivity index (χ2n) is 6.64. The highest BCUT2D eigenvalue weighted by atomic mass is 28.4. The van der Waals surface area contributed by atoms with Crippen molar-refractivity contribution in [2.45, 2.75) is 64.3 Å². The monoisotopic (exact) mass is 252 g/mol. The van der Waals surface area contributed by atoms with Crippen LogP contribution in [0.5, 0.6) is 0 Å². The van der Waals surface area contributed by atoms with E-state index in [1.165, 1.54) is 0 Å². The molecule has 0 heterocycles. The molecule has 1 aliphatic carbocycles. The fourth-order valence-electron chi connectivity index (χ4n) is 2.01. The van der Waals surface area contributed by atoms with Gasteiger partial charge in [-0.15, -0.1) is 6.58 Å². The number of allylic oxidation sites excluding steroid dienone is 2. The Morgan fingerprint density at radius 3 is 2.41 bits per heavy atom. The van der Waals surface area contributed by atoms with E-state index in [2.05, 4.69) is 52.6 Å². The van der Waals surface area contributed by atoms with Gasteiger partial charge >= 0.3 is 0 Å². The van der Waals surface area contributed by atoms with E-state index in [1.807, 2.05) is 6.08 Å². The molecule has 0 saturated heterocycles. The Hall–Kier alpha value is -0.343. The molecule has 0 saturated carbocycles. The van der Waals surface area contributed by atoms with Crippen molar-refractivity contribution < 1.29 is 4.43 Å². The van der Waals surface area contributed by atoms with Crippen molar-refractivity contribution in [3.8, 4) is 0 Å². The standard InChI is InChI=1S/C15H28OSi/c1-7-10-13-11-8-9-12-14(13)16-17(5,6)15(2,3)4/h7-9,13-14H,1,10-12H2,2-6H3/t13-,14-/m1/s1. The van der Waals surface area contributed by atoms with Crippen LogP contribution in [-0.4, -0.2) is 14.4 Å². The lowest BCUT2D eigenvalue weighted by Crippen LogP contribution is -2.46. The van der Waals surface area contributed by atoms with Crippen LogP contribution in [0.25, 0.3) is 0 Å². The van der Waals surface area contributed by atoms with E-state index < -0.39 is 8.32 Å². The normalized spacial score (nSPS) is 25.9. The molecule has 2 heteroatoms. The van der Waals surface area contributed by atoms with Crippen molar-refractivity contribution in [3.05, 3.63) is 24.8 Å². The van der Waals surface area contributed by atoms with E-state index in [1.54, 1.807) is 0 Å². The minimum Gasteiger partial charge on any atom is -0.413 e. The highest BCUT2D eigenvalue weighted by molar-refractivity contribution is 6.74. The van der Waals surface area contributed by atoms with Gasteiger partial charge in [0.1, 0.15) is 0 Å². The van der Waals surface area contributed by atoms with Gasteiger partial charge in [0.05, 0.1) is 6.10 Å². The number of hydrogen-bond acceptors (Lipinski definition) is 1. The van der Waals surface area contributed by atoms with Crippen LogP contribution in [0.3, 0.4) is 0 Å². The third kappa shape index (κ3) is 3.82.